The van der Waals surface area contributed by atoms with Crippen molar-refractivity contribution in [2.75, 3.05) is 23.3 Å². The van der Waals surface area contributed by atoms with Crippen molar-refractivity contribution < 1.29 is 4.79 Å². The Kier molecular flexibility index (Phi) is 4.55. The number of nitrogens with one attached hydrogen (secondary N) is 1. The molecule has 1 fully saturated rings. The molecule has 0 bridgehead atoms. The van der Waals surface area contributed by atoms with Crippen LogP contribution < -0.4 is 10.2 Å². The number of nitrogens with zero attached hydrogens (tertiary/aromatic N) is 1. The molecule has 3 nitrogen and oxygen atoms in total. The summed E-state index contributed by atoms with van der Waals surface area (Å²) in [6, 6.07) is 12.2. The van der Waals surface area contributed by atoms with Gasteiger partial charge in [-0.1, -0.05) is 18.2 Å². The predicted molar refractivity (Wildman–Crippen MR) is 89.2 cm³/mol. The van der Waals surface area contributed by atoms with Crippen LogP contribution in [0.15, 0.2) is 41.8 Å². The van der Waals surface area contributed by atoms with Crippen LogP contribution in [0.3, 0.4) is 0 Å². The van der Waals surface area contributed by atoms with Crippen LogP contribution in [-0.2, 0) is 11.2 Å². The molecule has 4 heteroatoms. The number of rotatable bonds is 5. The lowest BCUT2D eigenvalue weighted by molar-refractivity contribution is -0.116. The number of carbonyl (C=O) groups excluding carboxylic acids is 1. The Labute approximate surface area is 129 Å². The number of hydrogen-bond donors (Lipinski definition) is 1. The number of benzene rings is 1. The molecular weight excluding hydrogens is 280 g/mol. The summed E-state index contributed by atoms with van der Waals surface area (Å²) in [6.07, 6.45) is 3.82. The molecule has 0 atom stereocenters. The molecule has 1 amide bonds. The van der Waals surface area contributed by atoms with Crippen LogP contribution in [0.25, 0.3) is 0 Å². The van der Waals surface area contributed by atoms with Crippen LogP contribution in [0.2, 0.25) is 0 Å². The first-order valence-electron chi connectivity index (χ1n) is 7.49. The third-order valence-electron chi connectivity index (χ3n) is 3.80. The lowest BCUT2D eigenvalue weighted by atomic mass is 10.2. The van der Waals surface area contributed by atoms with Gasteiger partial charge < -0.3 is 10.2 Å². The number of hydrogen-bond acceptors (Lipinski definition) is 3. The second-order valence-electron chi connectivity index (χ2n) is 5.34. The van der Waals surface area contributed by atoms with Gasteiger partial charge in [0, 0.05) is 24.4 Å². The normalized spacial score (nSPS) is 14.4. The molecule has 110 valence electrons. The van der Waals surface area contributed by atoms with E-state index in [9.17, 15) is 4.79 Å². The van der Waals surface area contributed by atoms with Gasteiger partial charge in [-0.15, -0.1) is 11.3 Å². The SMILES string of the molecule is O=C(CCc1cccs1)Nc1ccccc1N1CCCC1. The molecule has 1 aliphatic rings. The molecular formula is C17H20N2OS. The molecule has 1 aromatic heterocycles. The zero-order valence-electron chi connectivity index (χ0n) is 12.0. The smallest absolute Gasteiger partial charge is 0.224 e. The molecule has 2 heterocycles. The summed E-state index contributed by atoms with van der Waals surface area (Å²) in [5.74, 6) is 0.0926. The van der Waals surface area contributed by atoms with Crippen molar-refractivity contribution in [1.82, 2.24) is 0 Å². The Hall–Kier alpha value is -1.81. The summed E-state index contributed by atoms with van der Waals surface area (Å²) in [5, 5.41) is 5.13. The van der Waals surface area contributed by atoms with Crippen LogP contribution in [0, 0.1) is 0 Å². The molecule has 0 unspecified atom stereocenters. The number of anilines is 2. The lowest BCUT2D eigenvalue weighted by Crippen LogP contribution is -2.21. The van der Waals surface area contributed by atoms with Gasteiger partial charge in [0.25, 0.3) is 0 Å². The molecule has 21 heavy (non-hydrogen) atoms. The summed E-state index contributed by atoms with van der Waals surface area (Å²) >= 11 is 1.71. The van der Waals surface area contributed by atoms with Crippen molar-refractivity contribution in [3.05, 3.63) is 46.7 Å². The van der Waals surface area contributed by atoms with Gasteiger partial charge in [0.05, 0.1) is 11.4 Å². The van der Waals surface area contributed by atoms with E-state index in [0.29, 0.717) is 6.42 Å². The van der Waals surface area contributed by atoms with E-state index in [1.54, 1.807) is 11.3 Å². The Bertz CT molecular complexity index is 589. The van der Waals surface area contributed by atoms with Crippen LogP contribution in [-0.4, -0.2) is 19.0 Å². The highest BCUT2D eigenvalue weighted by Gasteiger charge is 2.16. The van der Waals surface area contributed by atoms with E-state index in [0.717, 1.165) is 30.9 Å². The topological polar surface area (TPSA) is 32.3 Å². The van der Waals surface area contributed by atoms with E-state index in [-0.39, 0.29) is 5.91 Å². The minimum atomic E-state index is 0.0926. The number of aryl methyl sites for hydroxylation is 1. The minimum absolute atomic E-state index is 0.0926. The third-order valence-corrected chi connectivity index (χ3v) is 4.74. The summed E-state index contributed by atoms with van der Waals surface area (Å²) in [7, 11) is 0. The van der Waals surface area contributed by atoms with Crippen LogP contribution >= 0.6 is 11.3 Å². The van der Waals surface area contributed by atoms with Crippen LogP contribution in [0.1, 0.15) is 24.1 Å². The molecule has 0 saturated carbocycles. The fourth-order valence-electron chi connectivity index (χ4n) is 2.72. The van der Waals surface area contributed by atoms with Gasteiger partial charge in [-0.25, -0.2) is 0 Å². The summed E-state index contributed by atoms with van der Waals surface area (Å²) in [5.41, 5.74) is 2.09. The first-order valence-corrected chi connectivity index (χ1v) is 8.37. The van der Waals surface area contributed by atoms with Crippen LogP contribution in [0.5, 0.6) is 0 Å². The molecule has 1 aromatic carbocycles. The second-order valence-corrected chi connectivity index (χ2v) is 6.37. The molecule has 1 N–H and O–H groups in total. The van der Waals surface area contributed by atoms with Crippen molar-refractivity contribution in [2.45, 2.75) is 25.7 Å². The van der Waals surface area contributed by atoms with Gasteiger partial charge in [-0.2, -0.15) is 0 Å². The second kappa shape index (κ2) is 6.76. The molecule has 1 aliphatic heterocycles. The summed E-state index contributed by atoms with van der Waals surface area (Å²) in [6.45, 7) is 2.17. The lowest BCUT2D eigenvalue weighted by Gasteiger charge is -2.21. The average molecular weight is 300 g/mol. The molecule has 3 rings (SSSR count). The summed E-state index contributed by atoms with van der Waals surface area (Å²) < 4.78 is 0. The molecule has 1 saturated heterocycles. The van der Waals surface area contributed by atoms with E-state index in [1.807, 2.05) is 24.3 Å². The quantitative estimate of drug-likeness (QED) is 0.907. The van der Waals surface area contributed by atoms with Crippen molar-refractivity contribution >= 4 is 28.6 Å². The first-order chi connectivity index (χ1) is 10.3. The van der Waals surface area contributed by atoms with Gasteiger partial charge in [-0.05, 0) is 42.8 Å². The Morgan fingerprint density at radius 2 is 1.95 bits per heavy atom. The maximum atomic E-state index is 12.1. The third kappa shape index (κ3) is 3.64. The molecule has 0 spiro atoms. The monoisotopic (exact) mass is 300 g/mol. The van der Waals surface area contributed by atoms with Gasteiger partial charge >= 0.3 is 0 Å². The average Bonchev–Trinajstić information content (AvgIpc) is 3.19. The van der Waals surface area contributed by atoms with E-state index in [1.165, 1.54) is 17.7 Å². The maximum Gasteiger partial charge on any atom is 0.224 e. The molecule has 2 aromatic rings. The molecule has 0 aliphatic carbocycles. The van der Waals surface area contributed by atoms with Crippen molar-refractivity contribution in [1.29, 1.82) is 0 Å². The van der Waals surface area contributed by atoms with Crippen molar-refractivity contribution in [3.63, 3.8) is 0 Å². The maximum absolute atomic E-state index is 12.1. The fourth-order valence-corrected chi connectivity index (χ4v) is 3.43. The standard InChI is InChI=1S/C17H20N2OS/c20-17(10-9-14-6-5-13-21-14)18-15-7-1-2-8-16(15)19-11-3-4-12-19/h1-2,5-8,13H,3-4,9-12H2,(H,18,20). The van der Waals surface area contributed by atoms with E-state index >= 15 is 0 Å². The Morgan fingerprint density at radius 1 is 1.14 bits per heavy atom. The highest BCUT2D eigenvalue weighted by Crippen LogP contribution is 2.28. The first kappa shape index (κ1) is 14.1. The number of para-hydroxylation sites is 2. The van der Waals surface area contributed by atoms with Gasteiger partial charge in [0.15, 0.2) is 0 Å². The number of carbonyl (C=O) groups is 1. The fraction of sp³-hybridized carbons (Fsp3) is 0.353. The molecule has 0 radical (unpaired) electrons. The number of amides is 1. The van der Waals surface area contributed by atoms with Crippen molar-refractivity contribution in [2.24, 2.45) is 0 Å². The Balaban J connectivity index is 1.62. The zero-order chi connectivity index (χ0) is 14.5. The predicted octanol–water partition coefficient (Wildman–Crippen LogP) is 3.92. The Morgan fingerprint density at radius 3 is 2.71 bits per heavy atom. The van der Waals surface area contributed by atoms with Gasteiger partial charge in [0.1, 0.15) is 0 Å². The van der Waals surface area contributed by atoms with E-state index in [4.69, 9.17) is 0 Å². The summed E-state index contributed by atoms with van der Waals surface area (Å²) in [4.78, 5) is 15.8. The highest BCUT2D eigenvalue weighted by atomic mass is 32.1. The van der Waals surface area contributed by atoms with E-state index in [2.05, 4.69) is 27.7 Å². The van der Waals surface area contributed by atoms with Gasteiger partial charge in [-0.3, -0.25) is 4.79 Å². The van der Waals surface area contributed by atoms with Crippen molar-refractivity contribution in [3.8, 4) is 0 Å². The largest absolute Gasteiger partial charge is 0.370 e. The van der Waals surface area contributed by atoms with E-state index < -0.39 is 0 Å². The van der Waals surface area contributed by atoms with Crippen LogP contribution in [0.4, 0.5) is 11.4 Å². The minimum Gasteiger partial charge on any atom is -0.370 e. The number of thiophene rings is 1. The van der Waals surface area contributed by atoms with Gasteiger partial charge in [0.2, 0.25) is 5.91 Å². The highest BCUT2D eigenvalue weighted by molar-refractivity contribution is 7.09. The zero-order valence-corrected chi connectivity index (χ0v) is 12.9.